The fourth-order valence-corrected chi connectivity index (χ4v) is 3.73. The molecular formula is C25H26O3. The molecule has 144 valence electrons. The van der Waals surface area contributed by atoms with E-state index in [1.807, 2.05) is 91.0 Å². The molecule has 0 aliphatic carbocycles. The first-order valence-electron chi connectivity index (χ1n) is 9.56. The van der Waals surface area contributed by atoms with E-state index in [1.165, 1.54) is 0 Å². The summed E-state index contributed by atoms with van der Waals surface area (Å²) in [6, 6.07) is 28.4. The van der Waals surface area contributed by atoms with Crippen LogP contribution in [0.5, 0.6) is 0 Å². The molecule has 2 unspecified atom stereocenters. The van der Waals surface area contributed by atoms with Gasteiger partial charge in [-0.2, -0.15) is 0 Å². The summed E-state index contributed by atoms with van der Waals surface area (Å²) in [4.78, 5) is 13.9. The monoisotopic (exact) mass is 374 g/mol. The molecule has 3 nitrogen and oxygen atoms in total. The summed E-state index contributed by atoms with van der Waals surface area (Å²) in [7, 11) is 0. The molecule has 0 aliphatic heterocycles. The van der Waals surface area contributed by atoms with Gasteiger partial charge in [0.1, 0.15) is 11.5 Å². The van der Waals surface area contributed by atoms with Crippen molar-refractivity contribution >= 4 is 5.78 Å². The Hall–Kier alpha value is -2.75. The quantitative estimate of drug-likeness (QED) is 0.615. The number of Topliss-reactive ketones (excluding diaryl/α,β-unsaturated/α-hetero) is 1. The highest BCUT2D eigenvalue weighted by atomic mass is 16.3. The van der Waals surface area contributed by atoms with Crippen LogP contribution >= 0.6 is 0 Å². The molecule has 2 atom stereocenters. The molecule has 0 heterocycles. The van der Waals surface area contributed by atoms with Crippen LogP contribution in [0.1, 0.15) is 30.5 Å². The number of aliphatic hydroxyl groups excluding tert-OH is 2. The Labute approximate surface area is 166 Å². The van der Waals surface area contributed by atoms with Gasteiger partial charge in [-0.15, -0.1) is 0 Å². The lowest BCUT2D eigenvalue weighted by Gasteiger charge is -2.37. The SMILES string of the molecule is CC(C)C(O)C(O)C(=O)C(c1ccccc1)(c1ccccc1)c1ccccc1. The first-order valence-corrected chi connectivity index (χ1v) is 9.56. The van der Waals surface area contributed by atoms with Gasteiger partial charge in [-0.25, -0.2) is 0 Å². The van der Waals surface area contributed by atoms with Crippen LogP contribution in [-0.4, -0.2) is 28.2 Å². The highest BCUT2D eigenvalue weighted by molar-refractivity contribution is 6.00. The Morgan fingerprint density at radius 2 is 1.00 bits per heavy atom. The van der Waals surface area contributed by atoms with E-state index in [4.69, 9.17) is 0 Å². The molecule has 0 aromatic heterocycles. The molecule has 0 amide bonds. The van der Waals surface area contributed by atoms with Crippen molar-refractivity contribution < 1.29 is 15.0 Å². The van der Waals surface area contributed by atoms with Crippen LogP contribution in [-0.2, 0) is 10.2 Å². The van der Waals surface area contributed by atoms with Crippen LogP contribution in [0.3, 0.4) is 0 Å². The van der Waals surface area contributed by atoms with E-state index >= 15 is 0 Å². The number of hydrogen-bond donors (Lipinski definition) is 2. The van der Waals surface area contributed by atoms with Crippen LogP contribution in [0.4, 0.5) is 0 Å². The number of aliphatic hydroxyl groups is 2. The van der Waals surface area contributed by atoms with Crippen LogP contribution in [0, 0.1) is 5.92 Å². The number of rotatable bonds is 7. The van der Waals surface area contributed by atoms with Crippen molar-refractivity contribution in [1.82, 2.24) is 0 Å². The summed E-state index contributed by atoms with van der Waals surface area (Å²) < 4.78 is 0. The Bertz CT molecular complexity index is 792. The molecule has 3 aromatic rings. The summed E-state index contributed by atoms with van der Waals surface area (Å²) in [6.07, 6.45) is -2.66. The van der Waals surface area contributed by atoms with Gasteiger partial charge in [0.2, 0.25) is 0 Å². The normalized spacial score (nSPS) is 13.9. The average Bonchev–Trinajstić information content (AvgIpc) is 2.75. The number of hydrogen-bond acceptors (Lipinski definition) is 3. The van der Waals surface area contributed by atoms with Crippen molar-refractivity contribution in [3.05, 3.63) is 108 Å². The van der Waals surface area contributed by atoms with Gasteiger partial charge in [0.25, 0.3) is 0 Å². The molecule has 0 saturated carbocycles. The van der Waals surface area contributed by atoms with Crippen molar-refractivity contribution in [3.8, 4) is 0 Å². The van der Waals surface area contributed by atoms with Gasteiger partial charge in [0.05, 0.1) is 6.10 Å². The summed E-state index contributed by atoms with van der Waals surface area (Å²) in [5.74, 6) is -0.684. The third kappa shape index (κ3) is 3.51. The van der Waals surface area contributed by atoms with E-state index in [1.54, 1.807) is 13.8 Å². The molecule has 0 saturated heterocycles. The van der Waals surface area contributed by atoms with Gasteiger partial charge < -0.3 is 10.2 Å². The van der Waals surface area contributed by atoms with Gasteiger partial charge in [-0.1, -0.05) is 105 Å². The maximum absolute atomic E-state index is 13.9. The lowest BCUT2D eigenvalue weighted by molar-refractivity contribution is -0.138. The van der Waals surface area contributed by atoms with E-state index in [-0.39, 0.29) is 5.92 Å². The second kappa shape index (κ2) is 8.51. The van der Waals surface area contributed by atoms with Crippen molar-refractivity contribution in [2.24, 2.45) is 5.92 Å². The third-order valence-electron chi connectivity index (χ3n) is 5.27. The number of carbonyl (C=O) groups excluding carboxylic acids is 1. The average molecular weight is 374 g/mol. The maximum atomic E-state index is 13.9. The second-order valence-corrected chi connectivity index (χ2v) is 7.39. The summed E-state index contributed by atoms with van der Waals surface area (Å²) in [5, 5.41) is 21.4. The largest absolute Gasteiger partial charge is 0.390 e. The fraction of sp³-hybridized carbons (Fsp3) is 0.240. The van der Waals surface area contributed by atoms with Gasteiger partial charge in [0, 0.05) is 0 Å². The van der Waals surface area contributed by atoms with Crippen molar-refractivity contribution in [2.75, 3.05) is 0 Å². The van der Waals surface area contributed by atoms with E-state index in [2.05, 4.69) is 0 Å². The predicted molar refractivity (Wildman–Crippen MR) is 111 cm³/mol. The molecule has 3 aromatic carbocycles. The first-order chi connectivity index (χ1) is 13.5. The maximum Gasteiger partial charge on any atom is 0.183 e. The second-order valence-electron chi connectivity index (χ2n) is 7.39. The fourth-order valence-electron chi connectivity index (χ4n) is 3.73. The zero-order valence-corrected chi connectivity index (χ0v) is 16.2. The molecule has 3 rings (SSSR count). The smallest absolute Gasteiger partial charge is 0.183 e. The molecule has 0 spiro atoms. The Morgan fingerprint density at radius 3 is 1.29 bits per heavy atom. The van der Waals surface area contributed by atoms with Gasteiger partial charge >= 0.3 is 0 Å². The zero-order chi connectivity index (χ0) is 20.1. The van der Waals surface area contributed by atoms with Gasteiger partial charge in [0.15, 0.2) is 5.78 Å². The summed E-state index contributed by atoms with van der Waals surface area (Å²) >= 11 is 0. The number of carbonyl (C=O) groups is 1. The molecule has 0 bridgehead atoms. The molecule has 0 radical (unpaired) electrons. The van der Waals surface area contributed by atoms with Crippen molar-refractivity contribution in [2.45, 2.75) is 31.5 Å². The molecule has 0 aliphatic rings. The number of ketones is 1. The number of benzene rings is 3. The lowest BCUT2D eigenvalue weighted by atomic mass is 9.64. The molecular weight excluding hydrogens is 348 g/mol. The minimum Gasteiger partial charge on any atom is -0.390 e. The predicted octanol–water partition coefficient (Wildman–Crippen LogP) is 3.97. The van der Waals surface area contributed by atoms with Gasteiger partial charge in [-0.3, -0.25) is 4.79 Å². The first kappa shape index (κ1) is 20.0. The molecule has 28 heavy (non-hydrogen) atoms. The van der Waals surface area contributed by atoms with Crippen LogP contribution < -0.4 is 0 Å². The topological polar surface area (TPSA) is 57.5 Å². The van der Waals surface area contributed by atoms with E-state index in [0.717, 1.165) is 16.7 Å². The Kier molecular flexibility index (Phi) is 6.08. The van der Waals surface area contributed by atoms with E-state index in [0.29, 0.717) is 0 Å². The van der Waals surface area contributed by atoms with Crippen LogP contribution in [0.25, 0.3) is 0 Å². The standard InChI is InChI=1S/C25H26O3/c1-18(2)22(26)23(27)24(28)25(19-12-6-3-7-13-19,20-14-8-4-9-15-20)21-16-10-5-11-17-21/h3-18,22-23,26-27H,1-2H3. The minimum atomic E-state index is -1.51. The van der Waals surface area contributed by atoms with E-state index < -0.39 is 23.4 Å². The zero-order valence-electron chi connectivity index (χ0n) is 16.2. The highest BCUT2D eigenvalue weighted by Gasteiger charge is 2.48. The van der Waals surface area contributed by atoms with Crippen molar-refractivity contribution in [3.63, 3.8) is 0 Å². The third-order valence-corrected chi connectivity index (χ3v) is 5.27. The van der Waals surface area contributed by atoms with E-state index in [9.17, 15) is 15.0 Å². The van der Waals surface area contributed by atoms with Crippen LogP contribution in [0.15, 0.2) is 91.0 Å². The molecule has 0 fully saturated rings. The molecule has 2 N–H and O–H groups in total. The highest BCUT2D eigenvalue weighted by Crippen LogP contribution is 2.41. The van der Waals surface area contributed by atoms with Crippen LogP contribution in [0.2, 0.25) is 0 Å². The Morgan fingerprint density at radius 1 is 0.679 bits per heavy atom. The lowest BCUT2D eigenvalue weighted by Crippen LogP contribution is -2.50. The summed E-state index contributed by atoms with van der Waals surface area (Å²) in [6.45, 7) is 3.58. The minimum absolute atomic E-state index is 0.251. The van der Waals surface area contributed by atoms with Gasteiger partial charge in [-0.05, 0) is 22.6 Å². The molecule has 3 heteroatoms. The summed E-state index contributed by atoms with van der Waals surface area (Å²) in [5.41, 5.74) is 1.05. The Balaban J connectivity index is 2.33. The van der Waals surface area contributed by atoms with Crippen molar-refractivity contribution in [1.29, 1.82) is 0 Å².